The van der Waals surface area contributed by atoms with Crippen molar-refractivity contribution >= 4 is 17.5 Å². The molecule has 0 aliphatic heterocycles. The van der Waals surface area contributed by atoms with Crippen LogP contribution < -0.4 is 5.73 Å². The van der Waals surface area contributed by atoms with Gasteiger partial charge in [0.05, 0.1) is 17.6 Å². The Balaban J connectivity index is 3.16. The predicted molar refractivity (Wildman–Crippen MR) is 84.2 cm³/mol. The van der Waals surface area contributed by atoms with Gasteiger partial charge in [-0.1, -0.05) is 25.2 Å². The van der Waals surface area contributed by atoms with Crippen LogP contribution in [0.1, 0.15) is 26.0 Å². The van der Waals surface area contributed by atoms with Crippen LogP contribution in [0.2, 0.25) is 0 Å². The first kappa shape index (κ1) is 14.9. The van der Waals surface area contributed by atoms with Gasteiger partial charge in [0.2, 0.25) is 0 Å². The number of aromatic nitrogens is 1. The number of nitrogens with zero attached hydrogens (tertiary/aromatic N) is 2. The molecule has 0 saturated carbocycles. The van der Waals surface area contributed by atoms with Gasteiger partial charge in [0.25, 0.3) is 0 Å². The summed E-state index contributed by atoms with van der Waals surface area (Å²) in [5.74, 6) is 0. The van der Waals surface area contributed by atoms with Gasteiger partial charge in [-0.2, -0.15) is 0 Å². The molecule has 0 atom stereocenters. The number of nitrogen functional groups attached to an aromatic ring is 1. The Kier molecular flexibility index (Phi) is 5.73. The van der Waals surface area contributed by atoms with Crippen molar-refractivity contribution in [1.82, 2.24) is 4.98 Å². The fourth-order valence-electron chi connectivity index (χ4n) is 1.55. The molecule has 1 aromatic rings. The van der Waals surface area contributed by atoms with Crippen molar-refractivity contribution in [2.45, 2.75) is 20.3 Å². The Bertz CT molecular complexity index is 519. The van der Waals surface area contributed by atoms with E-state index in [9.17, 15) is 0 Å². The van der Waals surface area contributed by atoms with Gasteiger partial charge in [-0.3, -0.25) is 9.98 Å². The van der Waals surface area contributed by atoms with Crippen LogP contribution in [0, 0.1) is 0 Å². The molecule has 0 saturated heterocycles. The van der Waals surface area contributed by atoms with E-state index in [0.29, 0.717) is 5.69 Å². The van der Waals surface area contributed by atoms with Crippen LogP contribution in [0.25, 0.3) is 5.57 Å². The average Bonchev–Trinajstić information content (AvgIpc) is 2.41. The van der Waals surface area contributed by atoms with Gasteiger partial charge in [-0.05, 0) is 37.1 Å². The highest BCUT2D eigenvalue weighted by Crippen LogP contribution is 2.22. The molecule has 3 nitrogen and oxygen atoms in total. The number of aliphatic imine (C=N–C) groups is 1. The van der Waals surface area contributed by atoms with Crippen molar-refractivity contribution in [1.29, 1.82) is 0 Å². The van der Waals surface area contributed by atoms with E-state index >= 15 is 0 Å². The lowest BCUT2D eigenvalue weighted by Crippen LogP contribution is -1.94. The van der Waals surface area contributed by atoms with E-state index in [4.69, 9.17) is 5.73 Å². The number of rotatable bonds is 5. The third-order valence-electron chi connectivity index (χ3n) is 2.78. The molecule has 0 aliphatic carbocycles. The first-order valence-corrected chi connectivity index (χ1v) is 6.29. The van der Waals surface area contributed by atoms with Crippen molar-refractivity contribution in [2.75, 3.05) is 12.8 Å². The van der Waals surface area contributed by atoms with Gasteiger partial charge in [0, 0.05) is 18.8 Å². The van der Waals surface area contributed by atoms with E-state index in [2.05, 4.69) is 36.5 Å². The molecule has 0 radical (unpaired) electrons. The smallest absolute Gasteiger partial charge is 0.0709 e. The molecule has 0 amide bonds. The highest BCUT2D eigenvalue weighted by Gasteiger charge is 2.05. The van der Waals surface area contributed by atoms with Crippen LogP contribution in [-0.4, -0.2) is 18.2 Å². The summed E-state index contributed by atoms with van der Waals surface area (Å²) in [6.07, 6.45) is 8.39. The quantitative estimate of drug-likeness (QED) is 0.645. The largest absolute Gasteiger partial charge is 0.397 e. The zero-order valence-electron chi connectivity index (χ0n) is 11.9. The topological polar surface area (TPSA) is 51.3 Å². The summed E-state index contributed by atoms with van der Waals surface area (Å²) >= 11 is 0. The second-order valence-electron chi connectivity index (χ2n) is 4.33. The fraction of sp³-hybridized carbons (Fsp3) is 0.250. The molecular weight excluding hydrogens is 234 g/mol. The number of hydrogen-bond donors (Lipinski definition) is 1. The Morgan fingerprint density at radius 3 is 2.74 bits per heavy atom. The lowest BCUT2D eigenvalue weighted by Gasteiger charge is -2.08. The van der Waals surface area contributed by atoms with E-state index in [1.807, 2.05) is 18.2 Å². The van der Waals surface area contributed by atoms with Gasteiger partial charge in [0.15, 0.2) is 0 Å². The summed E-state index contributed by atoms with van der Waals surface area (Å²) in [7, 11) is 1.74. The minimum absolute atomic E-state index is 0.651. The van der Waals surface area contributed by atoms with Crippen LogP contribution in [0.4, 0.5) is 5.69 Å². The number of allylic oxidation sites excluding steroid dienone is 5. The number of anilines is 1. The molecule has 2 N–H and O–H groups in total. The normalized spacial score (nSPS) is 13.0. The van der Waals surface area contributed by atoms with Gasteiger partial charge >= 0.3 is 0 Å². The van der Waals surface area contributed by atoms with Crippen molar-refractivity contribution < 1.29 is 0 Å². The highest BCUT2D eigenvalue weighted by molar-refractivity contribution is 5.91. The summed E-state index contributed by atoms with van der Waals surface area (Å²) in [6, 6.07) is 3.73. The Labute approximate surface area is 115 Å². The first-order chi connectivity index (χ1) is 9.08. The average molecular weight is 255 g/mol. The van der Waals surface area contributed by atoms with E-state index in [0.717, 1.165) is 23.3 Å². The molecule has 19 heavy (non-hydrogen) atoms. The SMILES string of the molecule is C=C(/C=C(\C)CC)/C(=C\C=NC)c1ccc(N)cn1. The summed E-state index contributed by atoms with van der Waals surface area (Å²) in [5, 5.41) is 0. The minimum atomic E-state index is 0.651. The second kappa shape index (κ2) is 7.31. The molecule has 0 aliphatic rings. The summed E-state index contributed by atoms with van der Waals surface area (Å²) in [4.78, 5) is 8.33. The zero-order valence-corrected chi connectivity index (χ0v) is 11.9. The van der Waals surface area contributed by atoms with Crippen LogP contribution in [0.15, 0.2) is 53.2 Å². The molecule has 0 fully saturated rings. The number of nitrogens with two attached hydrogens (primary N) is 1. The van der Waals surface area contributed by atoms with Crippen LogP contribution in [0.3, 0.4) is 0 Å². The van der Waals surface area contributed by atoms with Crippen molar-refractivity contribution in [3.8, 4) is 0 Å². The van der Waals surface area contributed by atoms with E-state index in [-0.39, 0.29) is 0 Å². The molecule has 0 unspecified atom stereocenters. The molecule has 1 heterocycles. The highest BCUT2D eigenvalue weighted by atomic mass is 14.7. The number of hydrogen-bond acceptors (Lipinski definition) is 3. The molecule has 0 aromatic carbocycles. The zero-order chi connectivity index (χ0) is 14.3. The summed E-state index contributed by atoms with van der Waals surface area (Å²) < 4.78 is 0. The lowest BCUT2D eigenvalue weighted by atomic mass is 10.0. The lowest BCUT2D eigenvalue weighted by molar-refractivity contribution is 1.10. The third-order valence-corrected chi connectivity index (χ3v) is 2.78. The summed E-state index contributed by atoms with van der Waals surface area (Å²) in [6.45, 7) is 8.33. The maximum atomic E-state index is 5.66. The van der Waals surface area contributed by atoms with Gasteiger partial charge in [-0.15, -0.1) is 0 Å². The van der Waals surface area contributed by atoms with E-state index in [1.165, 1.54) is 5.57 Å². The van der Waals surface area contributed by atoms with Gasteiger partial charge < -0.3 is 5.73 Å². The van der Waals surface area contributed by atoms with Crippen molar-refractivity contribution in [3.05, 3.63) is 53.9 Å². The molecular formula is C16H21N3. The molecule has 1 rings (SSSR count). The maximum Gasteiger partial charge on any atom is 0.0709 e. The van der Waals surface area contributed by atoms with Crippen LogP contribution >= 0.6 is 0 Å². The van der Waals surface area contributed by atoms with Gasteiger partial charge in [0.1, 0.15) is 0 Å². The third kappa shape index (κ3) is 4.54. The van der Waals surface area contributed by atoms with E-state index < -0.39 is 0 Å². The van der Waals surface area contributed by atoms with E-state index in [1.54, 1.807) is 19.5 Å². The maximum absolute atomic E-state index is 5.66. The van der Waals surface area contributed by atoms with Crippen molar-refractivity contribution in [2.24, 2.45) is 4.99 Å². The fourth-order valence-corrected chi connectivity index (χ4v) is 1.55. The number of pyridine rings is 1. The Hall–Kier alpha value is -2.16. The standard InChI is InChI=1S/C16H21N3/c1-5-12(2)10-13(3)15(8-9-18-4)16-7-6-14(17)11-19-16/h6-11H,3,5,17H2,1-2,4H3/b12-10+,15-8+,18-9?. The molecule has 1 aromatic heterocycles. The molecule has 0 spiro atoms. The van der Waals surface area contributed by atoms with Crippen molar-refractivity contribution in [3.63, 3.8) is 0 Å². The summed E-state index contributed by atoms with van der Waals surface area (Å²) in [5.41, 5.74) is 10.3. The predicted octanol–water partition coefficient (Wildman–Crippen LogP) is 3.66. The van der Waals surface area contributed by atoms with Crippen LogP contribution in [-0.2, 0) is 0 Å². The monoisotopic (exact) mass is 255 g/mol. The second-order valence-corrected chi connectivity index (χ2v) is 4.33. The first-order valence-electron chi connectivity index (χ1n) is 6.29. The molecule has 0 bridgehead atoms. The van der Waals surface area contributed by atoms with Crippen LogP contribution in [0.5, 0.6) is 0 Å². The van der Waals surface area contributed by atoms with Gasteiger partial charge in [-0.25, -0.2) is 0 Å². The Morgan fingerprint density at radius 2 is 2.21 bits per heavy atom. The Morgan fingerprint density at radius 1 is 1.47 bits per heavy atom. The minimum Gasteiger partial charge on any atom is -0.397 e. The molecule has 100 valence electrons. The molecule has 3 heteroatoms.